The number of benzene rings is 1. The van der Waals surface area contributed by atoms with E-state index >= 15 is 0 Å². The molecule has 4 rings (SSSR count). The average molecular weight is 342 g/mol. The van der Waals surface area contributed by atoms with Gasteiger partial charge in [0.25, 0.3) is 0 Å². The van der Waals surface area contributed by atoms with E-state index in [0.717, 1.165) is 31.6 Å². The van der Waals surface area contributed by atoms with Crippen LogP contribution in [0.25, 0.3) is 0 Å². The maximum absolute atomic E-state index is 12.6. The lowest BCUT2D eigenvalue weighted by Crippen LogP contribution is -2.43. The molecule has 2 aliphatic rings. The second-order valence-corrected chi connectivity index (χ2v) is 7.36. The summed E-state index contributed by atoms with van der Waals surface area (Å²) in [5.41, 5.74) is 2.50. The Hall–Kier alpha value is -2.01. The summed E-state index contributed by atoms with van der Waals surface area (Å²) in [5, 5.41) is 7.37. The van der Waals surface area contributed by atoms with Crippen LogP contribution >= 0.6 is 11.3 Å². The molecule has 2 unspecified atom stereocenters. The number of carbonyl (C=O) groups is 1. The lowest BCUT2D eigenvalue weighted by atomic mass is 9.97. The van der Waals surface area contributed by atoms with Crippen LogP contribution in [0.1, 0.15) is 30.0 Å². The predicted molar refractivity (Wildman–Crippen MR) is 95.5 cm³/mol. The van der Waals surface area contributed by atoms with Crippen LogP contribution in [0.2, 0.25) is 0 Å². The van der Waals surface area contributed by atoms with Gasteiger partial charge in [0.1, 0.15) is 5.75 Å². The number of urea groups is 1. The molecule has 3 heterocycles. The van der Waals surface area contributed by atoms with Crippen LogP contribution in [0.3, 0.4) is 0 Å². The Morgan fingerprint density at radius 2 is 2.25 bits per heavy atom. The van der Waals surface area contributed by atoms with Crippen LogP contribution in [-0.2, 0) is 6.42 Å². The number of para-hydroxylation sites is 1. The third-order valence-corrected chi connectivity index (χ3v) is 5.64. The number of likely N-dealkylation sites (tertiary alicyclic amines) is 1. The summed E-state index contributed by atoms with van der Waals surface area (Å²) in [6.07, 6.45) is 3.10. The van der Waals surface area contributed by atoms with Gasteiger partial charge in [0.15, 0.2) is 0 Å². The van der Waals surface area contributed by atoms with Crippen molar-refractivity contribution in [1.29, 1.82) is 0 Å². The summed E-state index contributed by atoms with van der Waals surface area (Å²) >= 11 is 1.69. The van der Waals surface area contributed by atoms with Crippen LogP contribution in [0, 0.1) is 5.92 Å². The topological polar surface area (TPSA) is 41.6 Å². The molecule has 0 bridgehead atoms. The number of hydrogen-bond acceptors (Lipinski definition) is 3. The summed E-state index contributed by atoms with van der Waals surface area (Å²) in [6.45, 7) is 2.18. The molecule has 1 aromatic heterocycles. The van der Waals surface area contributed by atoms with Crippen molar-refractivity contribution in [2.75, 3.05) is 19.7 Å². The van der Waals surface area contributed by atoms with Crippen LogP contribution in [0.4, 0.5) is 4.79 Å². The van der Waals surface area contributed by atoms with Gasteiger partial charge < -0.3 is 15.0 Å². The fourth-order valence-electron chi connectivity index (χ4n) is 3.68. The van der Waals surface area contributed by atoms with Crippen molar-refractivity contribution in [3.8, 4) is 5.75 Å². The fraction of sp³-hybridized carbons (Fsp3) is 0.421. The Labute approximate surface area is 146 Å². The third-order valence-electron chi connectivity index (χ3n) is 4.94. The van der Waals surface area contributed by atoms with E-state index in [4.69, 9.17) is 4.74 Å². The van der Waals surface area contributed by atoms with Gasteiger partial charge in [-0.1, -0.05) is 18.2 Å². The van der Waals surface area contributed by atoms with Gasteiger partial charge in [-0.15, -0.1) is 0 Å². The van der Waals surface area contributed by atoms with E-state index in [1.165, 1.54) is 11.1 Å². The molecular formula is C19H22N2O2S. The minimum atomic E-state index is 0.0579. The molecule has 2 atom stereocenters. The molecule has 0 aliphatic carbocycles. The molecule has 1 N–H and O–H groups in total. The zero-order valence-corrected chi connectivity index (χ0v) is 14.4. The van der Waals surface area contributed by atoms with E-state index in [-0.39, 0.29) is 12.1 Å². The molecule has 0 saturated carbocycles. The Morgan fingerprint density at radius 1 is 1.33 bits per heavy atom. The van der Waals surface area contributed by atoms with Gasteiger partial charge >= 0.3 is 6.03 Å². The van der Waals surface area contributed by atoms with Gasteiger partial charge in [-0.3, -0.25) is 0 Å². The van der Waals surface area contributed by atoms with Gasteiger partial charge in [-0.25, -0.2) is 4.79 Å². The van der Waals surface area contributed by atoms with Crippen molar-refractivity contribution in [2.24, 2.45) is 5.92 Å². The number of amides is 2. The number of rotatable bonds is 3. The van der Waals surface area contributed by atoms with Crippen LogP contribution in [0.5, 0.6) is 5.75 Å². The van der Waals surface area contributed by atoms with Crippen molar-refractivity contribution in [3.63, 3.8) is 0 Å². The lowest BCUT2D eigenvalue weighted by Gasteiger charge is -2.28. The Balaban J connectivity index is 1.34. The smallest absolute Gasteiger partial charge is 0.317 e. The summed E-state index contributed by atoms with van der Waals surface area (Å²) in [4.78, 5) is 14.6. The van der Waals surface area contributed by atoms with Gasteiger partial charge in [0.2, 0.25) is 0 Å². The second kappa shape index (κ2) is 6.85. The highest BCUT2D eigenvalue weighted by Crippen LogP contribution is 2.33. The summed E-state index contributed by atoms with van der Waals surface area (Å²) in [5.74, 6) is 1.32. The standard InChI is InChI=1S/C19H22N2O2S/c22-19(21-8-3-5-17(21)16-7-9-24-13-16)20-11-14-10-15-4-1-2-6-18(15)23-12-14/h1-2,4,6-7,9,13-14,17H,3,5,8,10-12H2,(H,20,22). The molecule has 24 heavy (non-hydrogen) atoms. The van der Waals surface area contributed by atoms with Gasteiger partial charge in [0, 0.05) is 19.0 Å². The molecule has 1 saturated heterocycles. The van der Waals surface area contributed by atoms with Crippen LogP contribution in [0.15, 0.2) is 41.1 Å². The molecular weight excluding hydrogens is 320 g/mol. The molecule has 2 aliphatic heterocycles. The summed E-state index contributed by atoms with van der Waals surface area (Å²) in [6, 6.07) is 10.6. The van der Waals surface area contributed by atoms with E-state index < -0.39 is 0 Å². The molecule has 1 aromatic carbocycles. The number of nitrogens with one attached hydrogen (secondary N) is 1. The monoisotopic (exact) mass is 342 g/mol. The molecule has 4 nitrogen and oxygen atoms in total. The zero-order chi connectivity index (χ0) is 16.4. The first-order valence-electron chi connectivity index (χ1n) is 8.58. The van der Waals surface area contributed by atoms with Crippen molar-refractivity contribution < 1.29 is 9.53 Å². The Bertz CT molecular complexity index is 701. The molecule has 0 spiro atoms. The number of carbonyl (C=O) groups excluding carboxylic acids is 1. The van der Waals surface area contributed by atoms with Crippen molar-refractivity contribution >= 4 is 17.4 Å². The Kier molecular flexibility index (Phi) is 4.43. The van der Waals surface area contributed by atoms with E-state index in [0.29, 0.717) is 19.1 Å². The normalized spacial score (nSPS) is 22.8. The van der Waals surface area contributed by atoms with Gasteiger partial charge in [0.05, 0.1) is 12.6 Å². The number of ether oxygens (including phenoxy) is 1. The van der Waals surface area contributed by atoms with E-state index in [2.05, 4.69) is 28.2 Å². The van der Waals surface area contributed by atoms with Crippen molar-refractivity contribution in [3.05, 3.63) is 52.2 Å². The number of fused-ring (bicyclic) bond motifs is 1. The highest BCUT2D eigenvalue weighted by atomic mass is 32.1. The van der Waals surface area contributed by atoms with E-state index in [1.807, 2.05) is 23.1 Å². The van der Waals surface area contributed by atoms with Crippen LogP contribution < -0.4 is 10.1 Å². The minimum Gasteiger partial charge on any atom is -0.493 e. The number of thiophene rings is 1. The summed E-state index contributed by atoms with van der Waals surface area (Å²) in [7, 11) is 0. The SMILES string of the molecule is O=C(NCC1COc2ccccc2C1)N1CCCC1c1ccsc1. The zero-order valence-electron chi connectivity index (χ0n) is 13.6. The Morgan fingerprint density at radius 3 is 3.12 bits per heavy atom. The van der Waals surface area contributed by atoms with Gasteiger partial charge in [-0.2, -0.15) is 11.3 Å². The lowest BCUT2D eigenvalue weighted by molar-refractivity contribution is 0.182. The number of nitrogens with zero attached hydrogens (tertiary/aromatic N) is 1. The first kappa shape index (κ1) is 15.5. The third kappa shape index (κ3) is 3.13. The molecule has 0 radical (unpaired) electrons. The second-order valence-electron chi connectivity index (χ2n) is 6.58. The summed E-state index contributed by atoms with van der Waals surface area (Å²) < 4.78 is 5.81. The maximum Gasteiger partial charge on any atom is 0.317 e. The van der Waals surface area contributed by atoms with E-state index in [1.54, 1.807) is 11.3 Å². The largest absolute Gasteiger partial charge is 0.493 e. The first-order chi connectivity index (χ1) is 11.8. The molecule has 2 aromatic rings. The van der Waals surface area contributed by atoms with E-state index in [9.17, 15) is 4.79 Å². The van der Waals surface area contributed by atoms with Gasteiger partial charge in [-0.05, 0) is 53.3 Å². The maximum atomic E-state index is 12.6. The van der Waals surface area contributed by atoms with Crippen LogP contribution in [-0.4, -0.2) is 30.6 Å². The van der Waals surface area contributed by atoms with Crippen molar-refractivity contribution in [1.82, 2.24) is 10.2 Å². The average Bonchev–Trinajstić information content (AvgIpc) is 3.30. The highest BCUT2D eigenvalue weighted by Gasteiger charge is 2.30. The first-order valence-corrected chi connectivity index (χ1v) is 9.53. The molecule has 1 fully saturated rings. The highest BCUT2D eigenvalue weighted by molar-refractivity contribution is 7.07. The molecule has 5 heteroatoms. The minimum absolute atomic E-state index is 0.0579. The number of hydrogen-bond donors (Lipinski definition) is 1. The predicted octanol–water partition coefficient (Wildman–Crippen LogP) is 3.85. The molecule has 2 amide bonds. The molecule has 126 valence electrons. The quantitative estimate of drug-likeness (QED) is 0.921. The van der Waals surface area contributed by atoms with Crippen molar-refractivity contribution in [2.45, 2.75) is 25.3 Å². The fourth-order valence-corrected chi connectivity index (χ4v) is 4.38.